The van der Waals surface area contributed by atoms with E-state index >= 15 is 0 Å². The van der Waals surface area contributed by atoms with Crippen molar-refractivity contribution >= 4 is 29.2 Å². The fourth-order valence-electron chi connectivity index (χ4n) is 3.50. The molecular weight excluding hydrogens is 390 g/mol. The van der Waals surface area contributed by atoms with E-state index in [9.17, 15) is 4.79 Å². The van der Waals surface area contributed by atoms with Gasteiger partial charge in [-0.05, 0) is 45.0 Å². The van der Waals surface area contributed by atoms with Crippen molar-refractivity contribution < 1.29 is 9.53 Å². The highest BCUT2D eigenvalue weighted by molar-refractivity contribution is 6.30. The number of aryl methyl sites for hydroxylation is 2. The number of rotatable bonds is 7. The summed E-state index contributed by atoms with van der Waals surface area (Å²) in [7, 11) is 0. The number of nitrogens with zero attached hydrogens (tertiary/aromatic N) is 4. The lowest BCUT2D eigenvalue weighted by molar-refractivity contribution is 0.0523. The lowest BCUT2D eigenvalue weighted by atomic mass is 10.2. The molecule has 0 aliphatic carbocycles. The van der Waals surface area contributed by atoms with E-state index in [2.05, 4.69) is 37.2 Å². The third kappa shape index (κ3) is 5.58. The van der Waals surface area contributed by atoms with Crippen LogP contribution in [0.1, 0.15) is 28.7 Å². The van der Waals surface area contributed by atoms with Crippen molar-refractivity contribution in [2.45, 2.75) is 20.8 Å². The van der Waals surface area contributed by atoms with Crippen LogP contribution in [0.3, 0.4) is 0 Å². The molecule has 3 rings (SSSR count). The third-order valence-electron chi connectivity index (χ3n) is 5.03. The number of ether oxygens (including phenoxy) is 1. The van der Waals surface area contributed by atoms with Gasteiger partial charge in [-0.1, -0.05) is 11.6 Å². The zero-order chi connectivity index (χ0) is 20.8. The van der Waals surface area contributed by atoms with Crippen LogP contribution in [0.5, 0.6) is 0 Å². The highest BCUT2D eigenvalue weighted by atomic mass is 35.5. The first-order chi connectivity index (χ1) is 14.0. The maximum absolute atomic E-state index is 12.0. The quantitative estimate of drug-likeness (QED) is 0.694. The minimum absolute atomic E-state index is 0.336. The molecule has 8 heteroatoms. The molecule has 2 heterocycles. The molecule has 0 radical (unpaired) electrons. The average molecular weight is 418 g/mol. The van der Waals surface area contributed by atoms with Gasteiger partial charge >= 0.3 is 5.97 Å². The summed E-state index contributed by atoms with van der Waals surface area (Å²) in [6, 6.07) is 8.01. The van der Waals surface area contributed by atoms with Gasteiger partial charge in [0.15, 0.2) is 0 Å². The first-order valence-corrected chi connectivity index (χ1v) is 10.3. The molecule has 0 unspecified atom stereocenters. The van der Waals surface area contributed by atoms with E-state index in [4.69, 9.17) is 16.3 Å². The number of benzene rings is 1. The summed E-state index contributed by atoms with van der Waals surface area (Å²) in [5.74, 6) is 0.181. The van der Waals surface area contributed by atoms with Crippen LogP contribution in [0, 0.1) is 13.8 Å². The molecule has 156 valence electrons. The predicted octanol–water partition coefficient (Wildman–Crippen LogP) is 3.16. The van der Waals surface area contributed by atoms with Crippen LogP contribution >= 0.6 is 11.6 Å². The molecule has 0 atom stereocenters. The lowest BCUT2D eigenvalue weighted by Crippen LogP contribution is -2.47. The summed E-state index contributed by atoms with van der Waals surface area (Å²) >= 11 is 5.97. The van der Waals surface area contributed by atoms with Crippen molar-refractivity contribution in [2.24, 2.45) is 0 Å². The van der Waals surface area contributed by atoms with Gasteiger partial charge in [0.1, 0.15) is 5.56 Å². The number of anilines is 2. The maximum atomic E-state index is 12.0. The zero-order valence-corrected chi connectivity index (χ0v) is 18.0. The summed E-state index contributed by atoms with van der Waals surface area (Å²) in [5, 5.41) is 4.04. The fraction of sp³-hybridized carbons (Fsp3) is 0.476. The van der Waals surface area contributed by atoms with E-state index in [1.807, 2.05) is 26.0 Å². The zero-order valence-electron chi connectivity index (χ0n) is 17.2. The highest BCUT2D eigenvalue weighted by Gasteiger charge is 2.18. The Morgan fingerprint density at radius 2 is 1.72 bits per heavy atom. The molecule has 0 amide bonds. The van der Waals surface area contributed by atoms with E-state index in [1.54, 1.807) is 6.92 Å². The van der Waals surface area contributed by atoms with Gasteiger partial charge in [-0.3, -0.25) is 4.90 Å². The minimum atomic E-state index is -0.368. The van der Waals surface area contributed by atoms with Crippen molar-refractivity contribution in [2.75, 3.05) is 56.1 Å². The van der Waals surface area contributed by atoms with Gasteiger partial charge in [0.25, 0.3) is 0 Å². The predicted molar refractivity (Wildman–Crippen MR) is 116 cm³/mol. The number of carbonyl (C=O) groups is 1. The molecule has 1 aromatic carbocycles. The molecule has 1 N–H and O–H groups in total. The number of halogens is 1. The first kappa shape index (κ1) is 21.3. The second kappa shape index (κ2) is 9.89. The van der Waals surface area contributed by atoms with E-state index in [0.29, 0.717) is 29.5 Å². The van der Waals surface area contributed by atoms with Crippen LogP contribution in [-0.4, -0.2) is 66.7 Å². The Balaban J connectivity index is 1.47. The van der Waals surface area contributed by atoms with E-state index in [0.717, 1.165) is 44.3 Å². The standard InChI is InChI=1S/C21H28ClN5O2/c1-4-29-20(28)19-15(2)24-21(25-16(19)3)23-9-10-26-11-13-27(14-12-26)18-7-5-17(22)6-8-18/h5-8H,4,9-14H2,1-3H3,(H,23,24,25). The number of hydrogen-bond acceptors (Lipinski definition) is 7. The van der Waals surface area contributed by atoms with Crippen LogP contribution in [0.15, 0.2) is 24.3 Å². The SMILES string of the molecule is CCOC(=O)c1c(C)nc(NCCN2CCN(c3ccc(Cl)cc3)CC2)nc1C. The molecule has 1 fully saturated rings. The Morgan fingerprint density at radius 1 is 1.10 bits per heavy atom. The Bertz CT molecular complexity index is 812. The van der Waals surface area contributed by atoms with Crippen molar-refractivity contribution in [1.29, 1.82) is 0 Å². The largest absolute Gasteiger partial charge is 0.462 e. The number of nitrogens with one attached hydrogen (secondary N) is 1. The van der Waals surface area contributed by atoms with Crippen LogP contribution in [0.2, 0.25) is 5.02 Å². The topological polar surface area (TPSA) is 70.6 Å². The van der Waals surface area contributed by atoms with Gasteiger partial charge in [0, 0.05) is 50.0 Å². The van der Waals surface area contributed by atoms with Crippen LogP contribution in [0.25, 0.3) is 0 Å². The molecule has 0 saturated carbocycles. The lowest BCUT2D eigenvalue weighted by Gasteiger charge is -2.36. The molecule has 0 spiro atoms. The number of piperazine rings is 1. The van der Waals surface area contributed by atoms with Gasteiger partial charge in [0.2, 0.25) is 5.95 Å². The van der Waals surface area contributed by atoms with Crippen LogP contribution in [-0.2, 0) is 4.74 Å². The normalized spacial score (nSPS) is 14.7. The summed E-state index contributed by atoms with van der Waals surface area (Å²) in [4.78, 5) is 25.7. The van der Waals surface area contributed by atoms with Gasteiger partial charge in [-0.15, -0.1) is 0 Å². The third-order valence-corrected chi connectivity index (χ3v) is 5.28. The summed E-state index contributed by atoms with van der Waals surface area (Å²) in [5.41, 5.74) is 2.94. The van der Waals surface area contributed by atoms with Gasteiger partial charge in [-0.25, -0.2) is 14.8 Å². The smallest absolute Gasteiger partial charge is 0.341 e. The molecule has 1 aliphatic heterocycles. The van der Waals surface area contributed by atoms with E-state index in [1.165, 1.54) is 5.69 Å². The Hall–Kier alpha value is -2.38. The molecular formula is C21H28ClN5O2. The van der Waals surface area contributed by atoms with E-state index < -0.39 is 0 Å². The van der Waals surface area contributed by atoms with Crippen LogP contribution < -0.4 is 10.2 Å². The maximum Gasteiger partial charge on any atom is 0.341 e. The molecule has 7 nitrogen and oxygen atoms in total. The molecule has 1 aromatic heterocycles. The summed E-state index contributed by atoms with van der Waals surface area (Å²) < 4.78 is 5.08. The minimum Gasteiger partial charge on any atom is -0.462 e. The Morgan fingerprint density at radius 3 is 2.31 bits per heavy atom. The average Bonchev–Trinajstić information content (AvgIpc) is 2.69. The van der Waals surface area contributed by atoms with Crippen molar-refractivity contribution in [1.82, 2.24) is 14.9 Å². The molecule has 0 bridgehead atoms. The first-order valence-electron chi connectivity index (χ1n) is 9.97. The van der Waals surface area contributed by atoms with Gasteiger partial charge in [-0.2, -0.15) is 0 Å². The summed E-state index contributed by atoms with van der Waals surface area (Å²) in [6.07, 6.45) is 0. The molecule has 2 aromatic rings. The summed E-state index contributed by atoms with van der Waals surface area (Å²) in [6.45, 7) is 11.4. The number of carbonyl (C=O) groups excluding carboxylic acids is 1. The number of hydrogen-bond donors (Lipinski definition) is 1. The number of aromatic nitrogens is 2. The number of esters is 1. The second-order valence-corrected chi connectivity index (χ2v) is 7.48. The van der Waals surface area contributed by atoms with Crippen molar-refractivity contribution in [3.8, 4) is 0 Å². The Kier molecular flexibility index (Phi) is 7.28. The van der Waals surface area contributed by atoms with E-state index in [-0.39, 0.29) is 5.97 Å². The van der Waals surface area contributed by atoms with Gasteiger partial charge < -0.3 is 15.0 Å². The molecule has 1 aliphatic rings. The fourth-order valence-corrected chi connectivity index (χ4v) is 3.63. The van der Waals surface area contributed by atoms with Crippen molar-refractivity contribution in [3.05, 3.63) is 46.2 Å². The molecule has 1 saturated heterocycles. The van der Waals surface area contributed by atoms with Crippen molar-refractivity contribution in [3.63, 3.8) is 0 Å². The molecule has 29 heavy (non-hydrogen) atoms. The van der Waals surface area contributed by atoms with Gasteiger partial charge in [0.05, 0.1) is 18.0 Å². The highest BCUT2D eigenvalue weighted by Crippen LogP contribution is 2.19. The second-order valence-electron chi connectivity index (χ2n) is 7.05. The monoisotopic (exact) mass is 417 g/mol. The Labute approximate surface area is 177 Å². The van der Waals surface area contributed by atoms with Crippen LogP contribution in [0.4, 0.5) is 11.6 Å².